The van der Waals surface area contributed by atoms with Crippen molar-refractivity contribution in [2.75, 3.05) is 0 Å². The first-order chi connectivity index (χ1) is 11.9. The van der Waals surface area contributed by atoms with Gasteiger partial charge in [0.1, 0.15) is 6.10 Å². The molecule has 0 saturated heterocycles. The Morgan fingerprint density at radius 3 is 2.28 bits per heavy atom. The molecule has 134 valence electrons. The van der Waals surface area contributed by atoms with Crippen LogP contribution in [0.2, 0.25) is 5.02 Å². The zero-order valence-electron chi connectivity index (χ0n) is 13.2. The van der Waals surface area contributed by atoms with E-state index in [0.717, 1.165) is 17.3 Å². The van der Waals surface area contributed by atoms with Crippen LogP contribution < -0.4 is 9.46 Å². The van der Waals surface area contributed by atoms with Gasteiger partial charge in [-0.05, 0) is 49.9 Å². The molecule has 3 rings (SSSR count). The summed E-state index contributed by atoms with van der Waals surface area (Å²) in [4.78, 5) is 8.30. The van der Waals surface area contributed by atoms with E-state index in [9.17, 15) is 8.42 Å². The fraction of sp³-hybridized carbons (Fsp3) is 0.375. The molecule has 6 nitrogen and oxygen atoms in total. The van der Waals surface area contributed by atoms with E-state index >= 15 is 0 Å². The summed E-state index contributed by atoms with van der Waals surface area (Å²) in [5.74, 6) is 0. The van der Waals surface area contributed by atoms with Crippen LogP contribution in [-0.2, 0) is 10.0 Å². The Hall–Kier alpha value is -1.22. The van der Waals surface area contributed by atoms with Crippen molar-refractivity contribution in [3.05, 3.63) is 46.2 Å². The van der Waals surface area contributed by atoms with Gasteiger partial charge < -0.3 is 4.74 Å². The fourth-order valence-electron chi connectivity index (χ4n) is 2.71. The fourth-order valence-corrected chi connectivity index (χ4v) is 4.38. The van der Waals surface area contributed by atoms with Gasteiger partial charge in [0, 0.05) is 10.5 Å². The highest BCUT2D eigenvalue weighted by Gasteiger charge is 2.27. The number of hydrogen-bond acceptors (Lipinski definition) is 5. The molecule has 0 radical (unpaired) electrons. The summed E-state index contributed by atoms with van der Waals surface area (Å²) in [6.45, 7) is 0. The lowest BCUT2D eigenvalue weighted by molar-refractivity contribution is 0.132. The molecule has 2 aromatic rings. The van der Waals surface area contributed by atoms with Crippen LogP contribution in [-0.4, -0.2) is 30.5 Å². The molecule has 0 aliphatic heterocycles. The molecule has 0 bridgehead atoms. The Balaban J connectivity index is 1.53. The van der Waals surface area contributed by atoms with E-state index in [-0.39, 0.29) is 17.0 Å². The zero-order chi connectivity index (χ0) is 17.9. The molecule has 9 heteroatoms. The lowest BCUT2D eigenvalue weighted by atomic mass is 9.94. The van der Waals surface area contributed by atoms with E-state index in [2.05, 4.69) is 30.6 Å². The van der Waals surface area contributed by atoms with Crippen molar-refractivity contribution in [1.82, 2.24) is 14.7 Å². The summed E-state index contributed by atoms with van der Waals surface area (Å²) in [6, 6.07) is 6.79. The van der Waals surface area contributed by atoms with E-state index < -0.39 is 10.0 Å². The molecule has 1 saturated carbocycles. The summed E-state index contributed by atoms with van der Waals surface area (Å²) in [5.41, 5.74) is 0. The molecule has 1 fully saturated rings. The number of nitrogens with zero attached hydrogens (tertiary/aromatic N) is 2. The summed E-state index contributed by atoms with van der Waals surface area (Å²) in [5, 5.41) is 0.457. The average molecular weight is 447 g/mol. The predicted molar refractivity (Wildman–Crippen MR) is 98.2 cm³/mol. The molecule has 0 amide bonds. The van der Waals surface area contributed by atoms with Gasteiger partial charge in [-0.25, -0.2) is 23.1 Å². The van der Waals surface area contributed by atoms with E-state index in [4.69, 9.17) is 16.3 Å². The minimum Gasteiger partial charge on any atom is -0.460 e. The SMILES string of the molecule is O=S(=O)(NC1CCC(Oc2ncc(Cl)cn2)CC1)c1ccc(Br)cc1. The van der Waals surface area contributed by atoms with E-state index in [1.54, 1.807) is 24.3 Å². The number of sulfonamides is 1. The minimum atomic E-state index is -3.51. The molecular formula is C16H17BrClN3O3S. The lowest BCUT2D eigenvalue weighted by Crippen LogP contribution is -2.39. The molecule has 25 heavy (non-hydrogen) atoms. The Morgan fingerprint density at radius 2 is 1.68 bits per heavy atom. The quantitative estimate of drug-likeness (QED) is 0.759. The largest absolute Gasteiger partial charge is 0.460 e. The number of halogens is 2. The maximum absolute atomic E-state index is 12.4. The van der Waals surface area contributed by atoms with Crippen molar-refractivity contribution in [3.63, 3.8) is 0 Å². The molecule has 0 atom stereocenters. The lowest BCUT2D eigenvalue weighted by Gasteiger charge is -2.28. The Bertz CT molecular complexity index is 808. The third kappa shape index (κ3) is 5.13. The van der Waals surface area contributed by atoms with Crippen LogP contribution >= 0.6 is 27.5 Å². The Morgan fingerprint density at radius 1 is 1.08 bits per heavy atom. The smallest absolute Gasteiger partial charge is 0.316 e. The molecule has 1 aromatic heterocycles. The van der Waals surface area contributed by atoms with Gasteiger partial charge in [-0.15, -0.1) is 0 Å². The molecule has 0 unspecified atom stereocenters. The van der Waals surface area contributed by atoms with Crippen molar-refractivity contribution in [2.45, 2.75) is 42.7 Å². The molecular weight excluding hydrogens is 430 g/mol. The number of ether oxygens (including phenoxy) is 1. The first-order valence-electron chi connectivity index (χ1n) is 7.84. The van der Waals surface area contributed by atoms with Crippen LogP contribution in [0, 0.1) is 0 Å². The van der Waals surface area contributed by atoms with Crippen molar-refractivity contribution >= 4 is 37.6 Å². The van der Waals surface area contributed by atoms with Crippen molar-refractivity contribution in [3.8, 4) is 6.01 Å². The van der Waals surface area contributed by atoms with Gasteiger partial charge in [-0.2, -0.15) is 0 Å². The highest BCUT2D eigenvalue weighted by Crippen LogP contribution is 2.24. The van der Waals surface area contributed by atoms with Crippen molar-refractivity contribution < 1.29 is 13.2 Å². The van der Waals surface area contributed by atoms with Crippen LogP contribution in [0.1, 0.15) is 25.7 Å². The molecule has 1 heterocycles. The van der Waals surface area contributed by atoms with Gasteiger partial charge in [0.15, 0.2) is 0 Å². The second kappa shape index (κ2) is 7.99. The molecule has 1 N–H and O–H groups in total. The molecule has 1 aliphatic rings. The summed E-state index contributed by atoms with van der Waals surface area (Å²) in [7, 11) is -3.51. The third-order valence-corrected chi connectivity index (χ3v) is 6.25. The highest BCUT2D eigenvalue weighted by atomic mass is 79.9. The van der Waals surface area contributed by atoms with Gasteiger partial charge in [-0.3, -0.25) is 0 Å². The second-order valence-electron chi connectivity index (χ2n) is 5.85. The van der Waals surface area contributed by atoms with Gasteiger partial charge >= 0.3 is 6.01 Å². The van der Waals surface area contributed by atoms with Gasteiger partial charge in [0.25, 0.3) is 0 Å². The zero-order valence-corrected chi connectivity index (χ0v) is 16.4. The maximum atomic E-state index is 12.4. The third-order valence-electron chi connectivity index (χ3n) is 3.99. The number of rotatable bonds is 5. The Kier molecular flexibility index (Phi) is 5.93. The molecule has 1 aliphatic carbocycles. The monoisotopic (exact) mass is 445 g/mol. The van der Waals surface area contributed by atoms with E-state index in [1.165, 1.54) is 12.4 Å². The van der Waals surface area contributed by atoms with Crippen molar-refractivity contribution in [1.29, 1.82) is 0 Å². The van der Waals surface area contributed by atoms with Gasteiger partial charge in [0.05, 0.1) is 22.3 Å². The standard InChI is InChI=1S/C16H17BrClN3O3S/c17-11-1-7-15(8-2-11)25(22,23)21-13-3-5-14(6-4-13)24-16-19-9-12(18)10-20-16/h1-2,7-10,13-14,21H,3-6H2. The summed E-state index contributed by atoms with van der Waals surface area (Å²) in [6.07, 6.45) is 5.83. The normalized spacial score (nSPS) is 21.0. The van der Waals surface area contributed by atoms with E-state index in [0.29, 0.717) is 23.9 Å². The van der Waals surface area contributed by atoms with E-state index in [1.807, 2.05) is 0 Å². The van der Waals surface area contributed by atoms with Crippen LogP contribution in [0.4, 0.5) is 0 Å². The van der Waals surface area contributed by atoms with Crippen LogP contribution in [0.15, 0.2) is 46.0 Å². The topological polar surface area (TPSA) is 81.2 Å². The first-order valence-corrected chi connectivity index (χ1v) is 10.5. The predicted octanol–water partition coefficient (Wildman–Crippen LogP) is 3.56. The summed E-state index contributed by atoms with van der Waals surface area (Å²) < 4.78 is 34.2. The number of aromatic nitrogens is 2. The number of hydrogen-bond donors (Lipinski definition) is 1. The van der Waals surface area contributed by atoms with Gasteiger partial charge in [0.2, 0.25) is 10.0 Å². The molecule has 0 spiro atoms. The van der Waals surface area contributed by atoms with Crippen molar-refractivity contribution in [2.24, 2.45) is 0 Å². The summed E-state index contributed by atoms with van der Waals surface area (Å²) >= 11 is 9.05. The van der Waals surface area contributed by atoms with Crippen LogP contribution in [0.25, 0.3) is 0 Å². The first kappa shape index (κ1) is 18.6. The van der Waals surface area contributed by atoms with Crippen LogP contribution in [0.3, 0.4) is 0 Å². The average Bonchev–Trinajstić information content (AvgIpc) is 2.59. The number of nitrogens with one attached hydrogen (secondary N) is 1. The maximum Gasteiger partial charge on any atom is 0.316 e. The second-order valence-corrected chi connectivity index (χ2v) is 8.92. The van der Waals surface area contributed by atoms with Gasteiger partial charge in [-0.1, -0.05) is 27.5 Å². The molecule has 1 aromatic carbocycles. The minimum absolute atomic E-state index is 0.0189. The highest BCUT2D eigenvalue weighted by molar-refractivity contribution is 9.10. The van der Waals surface area contributed by atoms with Crippen LogP contribution in [0.5, 0.6) is 6.01 Å². The number of benzene rings is 1. The Labute approximate surface area is 160 Å².